The summed E-state index contributed by atoms with van der Waals surface area (Å²) in [6, 6.07) is 4.18. The van der Waals surface area contributed by atoms with Gasteiger partial charge in [0, 0.05) is 7.05 Å². The van der Waals surface area contributed by atoms with Crippen molar-refractivity contribution in [2.45, 2.75) is 0 Å². The van der Waals surface area contributed by atoms with E-state index in [0.29, 0.717) is 5.69 Å². The second-order valence-electron chi connectivity index (χ2n) is 3.92. The lowest BCUT2D eigenvalue weighted by atomic mass is 10.3. The van der Waals surface area contributed by atoms with Crippen LogP contribution in [0.5, 0.6) is 0 Å². The number of aromatic nitrogens is 2. The minimum absolute atomic E-state index is 0.104. The van der Waals surface area contributed by atoms with E-state index < -0.39 is 11.9 Å². The summed E-state index contributed by atoms with van der Waals surface area (Å²) in [4.78, 5) is 26.4. The summed E-state index contributed by atoms with van der Waals surface area (Å²) in [5.74, 6) is -1.56. The highest BCUT2D eigenvalue weighted by atomic mass is 35.5. The van der Waals surface area contributed by atoms with Gasteiger partial charge in [0.25, 0.3) is 5.91 Å². The van der Waals surface area contributed by atoms with Gasteiger partial charge in [0.15, 0.2) is 0 Å². The molecule has 20 heavy (non-hydrogen) atoms. The van der Waals surface area contributed by atoms with E-state index in [1.54, 1.807) is 7.05 Å². The van der Waals surface area contributed by atoms with Crippen molar-refractivity contribution < 1.29 is 14.7 Å². The van der Waals surface area contributed by atoms with Crippen LogP contribution in [0, 0.1) is 0 Å². The van der Waals surface area contributed by atoms with E-state index in [2.05, 4.69) is 10.3 Å². The van der Waals surface area contributed by atoms with Gasteiger partial charge in [0.2, 0.25) is 0 Å². The molecule has 1 amide bonds. The maximum Gasteiger partial charge on any atom is 0.354 e. The number of carboxylic acids is 1. The molecule has 0 saturated carbocycles. The summed E-state index contributed by atoms with van der Waals surface area (Å²) in [5, 5.41) is 11.8. The lowest BCUT2D eigenvalue weighted by Gasteiger charge is -2.06. The molecule has 8 heteroatoms. The van der Waals surface area contributed by atoms with Crippen molar-refractivity contribution in [3.63, 3.8) is 0 Å². The van der Waals surface area contributed by atoms with Gasteiger partial charge in [-0.05, 0) is 18.2 Å². The van der Waals surface area contributed by atoms with Crippen LogP contribution in [0.3, 0.4) is 0 Å². The van der Waals surface area contributed by atoms with Crippen molar-refractivity contribution >= 4 is 40.8 Å². The number of nitrogens with zero attached hydrogens (tertiary/aromatic N) is 2. The average Bonchev–Trinajstić information content (AvgIpc) is 2.67. The van der Waals surface area contributed by atoms with Gasteiger partial charge in [-0.15, -0.1) is 0 Å². The maximum absolute atomic E-state index is 12.0. The summed E-state index contributed by atoms with van der Waals surface area (Å²) in [7, 11) is 1.61. The quantitative estimate of drug-likeness (QED) is 0.912. The van der Waals surface area contributed by atoms with E-state index in [9.17, 15) is 9.59 Å². The topological polar surface area (TPSA) is 84.2 Å². The van der Waals surface area contributed by atoms with Gasteiger partial charge >= 0.3 is 5.97 Å². The van der Waals surface area contributed by atoms with Crippen molar-refractivity contribution in [3.8, 4) is 0 Å². The molecule has 104 valence electrons. The molecule has 2 heterocycles. The Labute approximate surface area is 123 Å². The molecule has 0 unspecified atom stereocenters. The summed E-state index contributed by atoms with van der Waals surface area (Å²) < 4.78 is 1.44. The zero-order valence-corrected chi connectivity index (χ0v) is 11.7. The third-order valence-corrected chi connectivity index (χ3v) is 3.43. The predicted octanol–water partition coefficient (Wildman–Crippen LogP) is 2.68. The number of halogens is 2. The molecule has 0 aliphatic heterocycles. The van der Waals surface area contributed by atoms with Crippen molar-refractivity contribution in [2.75, 3.05) is 5.32 Å². The second kappa shape index (κ2) is 5.52. The van der Waals surface area contributed by atoms with E-state index in [1.807, 2.05) is 0 Å². The van der Waals surface area contributed by atoms with E-state index >= 15 is 0 Å². The van der Waals surface area contributed by atoms with Crippen LogP contribution in [0.2, 0.25) is 10.2 Å². The van der Waals surface area contributed by atoms with Crippen LogP contribution in [-0.4, -0.2) is 26.5 Å². The Bertz CT molecular complexity index is 680. The molecular weight excluding hydrogens is 305 g/mol. The van der Waals surface area contributed by atoms with Gasteiger partial charge in [-0.1, -0.05) is 23.2 Å². The third kappa shape index (κ3) is 2.76. The van der Waals surface area contributed by atoms with Gasteiger partial charge < -0.3 is 15.0 Å². The number of rotatable bonds is 3. The first kappa shape index (κ1) is 14.4. The number of carboxylic acid groups (broad SMARTS) is 1. The molecule has 6 nitrogen and oxygen atoms in total. The molecule has 0 aliphatic rings. The first-order valence-electron chi connectivity index (χ1n) is 5.41. The fraction of sp³-hybridized carbons (Fsp3) is 0.0833. The highest BCUT2D eigenvalue weighted by molar-refractivity contribution is 6.42. The Morgan fingerprint density at radius 2 is 2.05 bits per heavy atom. The van der Waals surface area contributed by atoms with E-state index in [0.717, 1.165) is 0 Å². The van der Waals surface area contributed by atoms with Gasteiger partial charge in [0.05, 0.1) is 16.9 Å². The largest absolute Gasteiger partial charge is 0.477 e. The SMILES string of the molecule is Cn1c(C(=O)Nc2ccc(C(=O)O)nc2)cc(Cl)c1Cl. The molecule has 0 fully saturated rings. The molecular formula is C12H9Cl2N3O3. The fourth-order valence-corrected chi connectivity index (χ4v) is 1.93. The molecule has 0 spiro atoms. The Hall–Kier alpha value is -2.05. The van der Waals surface area contributed by atoms with Crippen LogP contribution in [-0.2, 0) is 7.05 Å². The van der Waals surface area contributed by atoms with E-state index in [1.165, 1.54) is 29.0 Å². The molecule has 0 saturated heterocycles. The number of hydrogen-bond acceptors (Lipinski definition) is 3. The minimum atomic E-state index is -1.14. The number of pyridine rings is 1. The second-order valence-corrected chi connectivity index (χ2v) is 4.68. The molecule has 0 bridgehead atoms. The van der Waals surface area contributed by atoms with E-state index in [4.69, 9.17) is 28.3 Å². The van der Waals surface area contributed by atoms with Crippen LogP contribution in [0.4, 0.5) is 5.69 Å². The molecule has 2 N–H and O–H groups in total. The monoisotopic (exact) mass is 313 g/mol. The predicted molar refractivity (Wildman–Crippen MR) is 74.6 cm³/mol. The van der Waals surface area contributed by atoms with Crippen LogP contribution in [0.25, 0.3) is 0 Å². The maximum atomic E-state index is 12.0. The van der Waals surface area contributed by atoms with Crippen LogP contribution >= 0.6 is 23.2 Å². The highest BCUT2D eigenvalue weighted by Gasteiger charge is 2.16. The minimum Gasteiger partial charge on any atom is -0.477 e. The number of aromatic carboxylic acids is 1. The fourth-order valence-electron chi connectivity index (χ4n) is 1.55. The van der Waals surface area contributed by atoms with Crippen molar-refractivity contribution in [3.05, 3.63) is 46.0 Å². The molecule has 0 aliphatic carbocycles. The number of amides is 1. The lowest BCUT2D eigenvalue weighted by Crippen LogP contribution is -2.16. The van der Waals surface area contributed by atoms with Crippen LogP contribution in [0.15, 0.2) is 24.4 Å². The number of hydrogen-bond donors (Lipinski definition) is 2. The third-order valence-electron chi connectivity index (χ3n) is 2.59. The summed E-state index contributed by atoms with van der Waals surface area (Å²) >= 11 is 11.7. The van der Waals surface area contributed by atoms with Gasteiger partial charge in [-0.2, -0.15) is 0 Å². The number of carbonyl (C=O) groups excluding carboxylic acids is 1. The number of anilines is 1. The molecule has 2 rings (SSSR count). The first-order chi connectivity index (χ1) is 9.40. The smallest absolute Gasteiger partial charge is 0.354 e. The molecule has 0 radical (unpaired) electrons. The van der Waals surface area contributed by atoms with Crippen LogP contribution < -0.4 is 5.32 Å². The zero-order chi connectivity index (χ0) is 14.9. The first-order valence-corrected chi connectivity index (χ1v) is 6.17. The molecule has 0 atom stereocenters. The number of nitrogens with one attached hydrogen (secondary N) is 1. The van der Waals surface area contributed by atoms with Gasteiger partial charge in [-0.25, -0.2) is 9.78 Å². The van der Waals surface area contributed by atoms with Gasteiger partial charge in [-0.3, -0.25) is 4.79 Å². The standard InChI is InChI=1S/C12H9Cl2N3O3/c1-17-9(4-7(13)10(17)14)11(18)16-6-2-3-8(12(19)20)15-5-6/h2-5H,1H3,(H,16,18)(H,19,20). The average molecular weight is 314 g/mol. The van der Waals surface area contributed by atoms with Crippen molar-refractivity contribution in [1.29, 1.82) is 0 Å². The molecule has 0 aromatic carbocycles. The summed E-state index contributed by atoms with van der Waals surface area (Å²) in [6.07, 6.45) is 1.26. The molecule has 2 aromatic heterocycles. The molecule has 2 aromatic rings. The Morgan fingerprint density at radius 1 is 1.35 bits per heavy atom. The Kier molecular flexibility index (Phi) is 3.96. The van der Waals surface area contributed by atoms with Crippen molar-refractivity contribution in [1.82, 2.24) is 9.55 Å². The van der Waals surface area contributed by atoms with Crippen LogP contribution in [0.1, 0.15) is 21.0 Å². The van der Waals surface area contributed by atoms with Gasteiger partial charge in [0.1, 0.15) is 16.5 Å². The van der Waals surface area contributed by atoms with Crippen molar-refractivity contribution in [2.24, 2.45) is 7.05 Å². The Morgan fingerprint density at radius 3 is 2.50 bits per heavy atom. The highest BCUT2D eigenvalue weighted by Crippen LogP contribution is 2.25. The van der Waals surface area contributed by atoms with E-state index in [-0.39, 0.29) is 21.6 Å². The normalized spacial score (nSPS) is 10.3. The summed E-state index contributed by atoms with van der Waals surface area (Å²) in [6.45, 7) is 0. The zero-order valence-electron chi connectivity index (χ0n) is 10.2. The number of carbonyl (C=O) groups is 2. The Balaban J connectivity index is 2.19. The lowest BCUT2D eigenvalue weighted by molar-refractivity contribution is 0.0690. The summed E-state index contributed by atoms with van der Waals surface area (Å²) in [5.41, 5.74) is 0.545.